The van der Waals surface area contributed by atoms with Crippen LogP contribution >= 0.6 is 0 Å². The SMILES string of the molecule is CCc1coc([C@H](Cc2ccc(NS(=O)(=O)[O-])cc2)NC(=O)Cc2ccccc2)n1.[NH4+]. The zero-order chi connectivity index (χ0) is 21.6. The number of carbonyl (C=O) groups is 1. The van der Waals surface area contributed by atoms with Crippen molar-refractivity contribution in [2.75, 3.05) is 4.72 Å². The number of nitrogens with zero attached hydrogens (tertiary/aromatic N) is 1. The maximum absolute atomic E-state index is 12.6. The highest BCUT2D eigenvalue weighted by molar-refractivity contribution is 7.87. The van der Waals surface area contributed by atoms with E-state index in [1.165, 1.54) is 12.1 Å². The molecule has 1 aromatic heterocycles. The maximum atomic E-state index is 12.6. The molecule has 31 heavy (non-hydrogen) atoms. The van der Waals surface area contributed by atoms with Gasteiger partial charge in [0, 0.05) is 12.1 Å². The van der Waals surface area contributed by atoms with Gasteiger partial charge in [0.25, 0.3) is 0 Å². The second-order valence-corrected chi connectivity index (χ2v) is 7.88. The zero-order valence-corrected chi connectivity index (χ0v) is 18.2. The van der Waals surface area contributed by atoms with E-state index in [4.69, 9.17) is 4.42 Å². The first kappa shape index (κ1) is 24.1. The van der Waals surface area contributed by atoms with Crippen molar-refractivity contribution in [3.8, 4) is 0 Å². The number of quaternary nitrogens is 1. The van der Waals surface area contributed by atoms with Crippen molar-refractivity contribution in [2.24, 2.45) is 0 Å². The quantitative estimate of drug-likeness (QED) is 0.428. The zero-order valence-electron chi connectivity index (χ0n) is 17.4. The van der Waals surface area contributed by atoms with Crippen LogP contribution in [0.3, 0.4) is 0 Å². The Bertz CT molecular complexity index is 1080. The predicted molar refractivity (Wildman–Crippen MR) is 116 cm³/mol. The Labute approximate surface area is 181 Å². The van der Waals surface area contributed by atoms with Gasteiger partial charge < -0.3 is 20.4 Å². The van der Waals surface area contributed by atoms with E-state index in [0.29, 0.717) is 18.7 Å². The Morgan fingerprint density at radius 3 is 2.35 bits per heavy atom. The summed E-state index contributed by atoms with van der Waals surface area (Å²) in [7, 11) is -4.58. The molecule has 0 aliphatic carbocycles. The van der Waals surface area contributed by atoms with Gasteiger partial charge in [-0.1, -0.05) is 49.4 Å². The number of hydrogen-bond donors (Lipinski definition) is 3. The molecule has 2 aromatic carbocycles. The number of amides is 1. The smallest absolute Gasteiger partial charge is 0.225 e. The van der Waals surface area contributed by atoms with E-state index in [0.717, 1.165) is 16.8 Å². The Kier molecular flexibility index (Phi) is 8.31. The van der Waals surface area contributed by atoms with Crippen molar-refractivity contribution in [2.45, 2.75) is 32.2 Å². The molecule has 10 heteroatoms. The lowest BCUT2D eigenvalue weighted by Crippen LogP contribution is -2.31. The van der Waals surface area contributed by atoms with Crippen LogP contribution in [-0.4, -0.2) is 23.9 Å². The molecule has 1 atom stereocenters. The number of rotatable bonds is 9. The number of benzene rings is 2. The Morgan fingerprint density at radius 1 is 1.10 bits per heavy atom. The van der Waals surface area contributed by atoms with Crippen LogP contribution in [0.15, 0.2) is 65.3 Å². The number of aryl methyl sites for hydroxylation is 1. The van der Waals surface area contributed by atoms with Crippen molar-refractivity contribution in [3.05, 3.63) is 83.6 Å². The molecular formula is C21H26N4O5S. The molecule has 0 radical (unpaired) electrons. The second-order valence-electron chi connectivity index (χ2n) is 6.77. The molecule has 0 unspecified atom stereocenters. The van der Waals surface area contributed by atoms with Gasteiger partial charge in [-0.25, -0.2) is 13.4 Å². The topological polar surface area (TPSA) is 161 Å². The summed E-state index contributed by atoms with van der Waals surface area (Å²) in [5.74, 6) is 0.232. The lowest BCUT2D eigenvalue weighted by Gasteiger charge is -2.17. The van der Waals surface area contributed by atoms with E-state index >= 15 is 0 Å². The summed E-state index contributed by atoms with van der Waals surface area (Å²) in [6, 6.07) is 15.2. The van der Waals surface area contributed by atoms with Gasteiger partial charge in [0.15, 0.2) is 10.3 Å². The van der Waals surface area contributed by atoms with E-state index in [1.807, 2.05) is 42.0 Å². The van der Waals surface area contributed by atoms with E-state index in [2.05, 4.69) is 10.3 Å². The largest absolute Gasteiger partial charge is 0.731 e. The minimum Gasteiger partial charge on any atom is -0.731 e. The first-order valence-electron chi connectivity index (χ1n) is 9.42. The molecule has 1 heterocycles. The van der Waals surface area contributed by atoms with E-state index in [-0.39, 0.29) is 24.2 Å². The fourth-order valence-corrected chi connectivity index (χ4v) is 3.39. The van der Waals surface area contributed by atoms with Crippen molar-refractivity contribution in [1.82, 2.24) is 16.5 Å². The molecule has 0 aliphatic rings. The molecular weight excluding hydrogens is 420 g/mol. The van der Waals surface area contributed by atoms with Crippen LogP contribution in [0.1, 0.15) is 35.7 Å². The summed E-state index contributed by atoms with van der Waals surface area (Å²) >= 11 is 0. The van der Waals surface area contributed by atoms with E-state index in [9.17, 15) is 17.8 Å². The van der Waals surface area contributed by atoms with Crippen molar-refractivity contribution in [3.63, 3.8) is 0 Å². The number of aromatic nitrogens is 1. The molecule has 0 fully saturated rings. The number of oxazole rings is 1. The van der Waals surface area contributed by atoms with Gasteiger partial charge in [-0.15, -0.1) is 0 Å². The maximum Gasteiger partial charge on any atom is 0.225 e. The summed E-state index contributed by atoms with van der Waals surface area (Å²) in [6.45, 7) is 1.96. The third kappa shape index (κ3) is 7.52. The minimum atomic E-state index is -4.58. The highest BCUT2D eigenvalue weighted by Crippen LogP contribution is 2.20. The normalized spacial score (nSPS) is 11.9. The van der Waals surface area contributed by atoms with Crippen LogP contribution in [0.4, 0.5) is 5.69 Å². The highest BCUT2D eigenvalue weighted by Gasteiger charge is 2.21. The minimum absolute atomic E-state index is 0. The summed E-state index contributed by atoms with van der Waals surface area (Å²) < 4.78 is 39.9. The lowest BCUT2D eigenvalue weighted by molar-refractivity contribution is -0.121. The molecule has 3 aromatic rings. The van der Waals surface area contributed by atoms with Crippen LogP contribution in [0.2, 0.25) is 0 Å². The molecule has 3 rings (SSSR count). The van der Waals surface area contributed by atoms with Gasteiger partial charge >= 0.3 is 0 Å². The lowest BCUT2D eigenvalue weighted by atomic mass is 10.0. The van der Waals surface area contributed by atoms with Gasteiger partial charge in [0.2, 0.25) is 11.8 Å². The number of anilines is 1. The highest BCUT2D eigenvalue weighted by atomic mass is 32.2. The summed E-state index contributed by atoms with van der Waals surface area (Å²) in [6.07, 6.45) is 2.88. The Hall–Kier alpha value is -3.21. The van der Waals surface area contributed by atoms with Crippen LogP contribution < -0.4 is 16.2 Å². The van der Waals surface area contributed by atoms with Gasteiger partial charge in [-0.2, -0.15) is 0 Å². The monoisotopic (exact) mass is 446 g/mol. The van der Waals surface area contributed by atoms with Gasteiger partial charge in [-0.3, -0.25) is 9.52 Å². The molecule has 0 bridgehead atoms. The molecule has 166 valence electrons. The first-order chi connectivity index (χ1) is 14.3. The van der Waals surface area contributed by atoms with Crippen LogP contribution in [0.25, 0.3) is 0 Å². The van der Waals surface area contributed by atoms with E-state index < -0.39 is 16.3 Å². The summed E-state index contributed by atoms with van der Waals surface area (Å²) in [4.78, 5) is 17.0. The average Bonchev–Trinajstić information content (AvgIpc) is 3.18. The predicted octanol–water partition coefficient (Wildman–Crippen LogP) is 3.13. The molecule has 6 N–H and O–H groups in total. The fourth-order valence-electron chi connectivity index (χ4n) is 2.96. The molecule has 0 spiro atoms. The van der Waals surface area contributed by atoms with E-state index in [1.54, 1.807) is 18.4 Å². The van der Waals surface area contributed by atoms with Gasteiger partial charge in [0.05, 0.1) is 12.1 Å². The molecule has 1 amide bonds. The standard InChI is InChI=1S/C21H23N3O5S.H3N/c1-2-17-14-29-21(22-17)19(23-20(25)13-15-6-4-3-5-7-15)12-16-8-10-18(11-9-16)24-30(26,27)28;/h3-11,14,19,24H,2,12-13H2,1H3,(H,23,25)(H,26,27,28);1H3/t19-;/m0./s1. The van der Waals surface area contributed by atoms with Crippen LogP contribution in [-0.2, 0) is 34.4 Å². The molecule has 0 saturated heterocycles. The van der Waals surface area contributed by atoms with Gasteiger partial charge in [0.1, 0.15) is 12.3 Å². The number of hydrogen-bond acceptors (Lipinski definition) is 6. The Balaban J connectivity index is 0.00000341. The molecule has 0 aliphatic heterocycles. The van der Waals surface area contributed by atoms with Crippen LogP contribution in [0, 0.1) is 0 Å². The van der Waals surface area contributed by atoms with Crippen LogP contribution in [0.5, 0.6) is 0 Å². The average molecular weight is 447 g/mol. The van der Waals surface area contributed by atoms with Crippen molar-refractivity contribution in [1.29, 1.82) is 0 Å². The first-order valence-corrected chi connectivity index (χ1v) is 10.8. The number of carbonyl (C=O) groups excluding carboxylic acids is 1. The van der Waals surface area contributed by atoms with Crippen molar-refractivity contribution >= 4 is 21.9 Å². The third-order valence-electron chi connectivity index (χ3n) is 4.41. The Morgan fingerprint density at radius 2 is 1.77 bits per heavy atom. The van der Waals surface area contributed by atoms with Crippen molar-refractivity contribution < 1.29 is 22.2 Å². The number of nitrogens with one attached hydrogen (secondary N) is 2. The summed E-state index contributed by atoms with van der Waals surface area (Å²) in [5, 5.41) is 2.96. The van der Waals surface area contributed by atoms with Gasteiger partial charge in [-0.05, 0) is 29.7 Å². The molecule has 9 nitrogen and oxygen atoms in total. The fraction of sp³-hybridized carbons (Fsp3) is 0.238. The summed E-state index contributed by atoms with van der Waals surface area (Å²) in [5.41, 5.74) is 2.66. The second kappa shape index (κ2) is 10.7. The third-order valence-corrected chi connectivity index (χ3v) is 4.89. The molecule has 0 saturated carbocycles.